The largest absolute Gasteiger partial charge is 0.505 e. The first-order valence-electron chi connectivity index (χ1n) is 6.97. The molecule has 0 spiro atoms. The minimum absolute atomic E-state index is 0.0828. The summed E-state index contributed by atoms with van der Waals surface area (Å²) < 4.78 is 0. The summed E-state index contributed by atoms with van der Waals surface area (Å²) in [6.07, 6.45) is 2.73. The predicted octanol–water partition coefficient (Wildman–Crippen LogP) is 4.06. The molecular formula is C17H17ClN2O2S. The van der Waals surface area contributed by atoms with Crippen LogP contribution in [-0.4, -0.2) is 15.3 Å². The molecule has 120 valence electrons. The average Bonchev–Trinajstić information content (AvgIpc) is 2.51. The first-order valence-corrected chi connectivity index (χ1v) is 7.75. The normalized spacial score (nSPS) is 12.1. The monoisotopic (exact) mass is 348 g/mol. The van der Waals surface area contributed by atoms with Gasteiger partial charge in [-0.1, -0.05) is 41.9 Å². The number of phenols is 1. The van der Waals surface area contributed by atoms with Crippen LogP contribution in [0.1, 0.15) is 24.2 Å². The Kier molecular flexibility index (Phi) is 5.98. The molecule has 0 heterocycles. The molecule has 2 rings (SSSR count). The zero-order valence-electron chi connectivity index (χ0n) is 12.5. The molecule has 1 atom stereocenters. The lowest BCUT2D eigenvalue weighted by atomic mass is 10.1. The van der Waals surface area contributed by atoms with Crippen molar-refractivity contribution >= 4 is 40.7 Å². The molecule has 0 saturated carbocycles. The second-order valence-corrected chi connectivity index (χ2v) is 5.75. The Hall–Kier alpha value is -2.08. The lowest BCUT2D eigenvalue weighted by molar-refractivity contribution is 0.195. The number of aromatic hydroxyl groups is 1. The van der Waals surface area contributed by atoms with Crippen molar-refractivity contribution in [3.63, 3.8) is 0 Å². The number of nitrogens with one attached hydrogen (secondary N) is 2. The number of rotatable bonds is 4. The van der Waals surface area contributed by atoms with Crippen LogP contribution in [0, 0.1) is 0 Å². The third kappa shape index (κ3) is 4.96. The number of hydrogen-bond donors (Lipinski definition) is 4. The van der Waals surface area contributed by atoms with Crippen LogP contribution in [0.25, 0.3) is 6.08 Å². The maximum Gasteiger partial charge on any atom is 0.174 e. The number of aliphatic hydroxyl groups is 1. The van der Waals surface area contributed by atoms with E-state index in [1.165, 1.54) is 12.1 Å². The fourth-order valence-corrected chi connectivity index (χ4v) is 2.37. The van der Waals surface area contributed by atoms with E-state index in [9.17, 15) is 10.2 Å². The smallest absolute Gasteiger partial charge is 0.174 e. The van der Waals surface area contributed by atoms with Gasteiger partial charge in [-0.25, -0.2) is 0 Å². The number of thiocarbonyl (C=S) groups is 1. The fourth-order valence-electron chi connectivity index (χ4n) is 1.97. The zero-order valence-corrected chi connectivity index (χ0v) is 14.0. The van der Waals surface area contributed by atoms with E-state index in [4.69, 9.17) is 23.8 Å². The molecule has 0 radical (unpaired) electrons. The molecule has 0 bridgehead atoms. The van der Waals surface area contributed by atoms with Gasteiger partial charge in [-0.05, 0) is 42.9 Å². The maximum atomic E-state index is 10.1. The van der Waals surface area contributed by atoms with Crippen molar-refractivity contribution in [1.82, 2.24) is 5.32 Å². The number of anilines is 1. The Labute approximate surface area is 145 Å². The summed E-state index contributed by atoms with van der Waals surface area (Å²) in [6, 6.07) is 12.8. The topological polar surface area (TPSA) is 64.5 Å². The van der Waals surface area contributed by atoms with Crippen molar-refractivity contribution in [3.8, 4) is 5.75 Å². The highest BCUT2D eigenvalue weighted by molar-refractivity contribution is 7.80. The van der Waals surface area contributed by atoms with Gasteiger partial charge in [0, 0.05) is 16.8 Å². The van der Waals surface area contributed by atoms with Crippen molar-refractivity contribution in [1.29, 1.82) is 0 Å². The van der Waals surface area contributed by atoms with E-state index >= 15 is 0 Å². The molecule has 23 heavy (non-hydrogen) atoms. The summed E-state index contributed by atoms with van der Waals surface area (Å²) in [4.78, 5) is 0. The Morgan fingerprint density at radius 1 is 1.26 bits per heavy atom. The Morgan fingerprint density at radius 3 is 2.61 bits per heavy atom. The van der Waals surface area contributed by atoms with Gasteiger partial charge in [-0.2, -0.15) is 0 Å². The Bertz CT molecular complexity index is 718. The van der Waals surface area contributed by atoms with Crippen LogP contribution in [0.15, 0.2) is 48.7 Å². The molecular weight excluding hydrogens is 332 g/mol. The highest BCUT2D eigenvalue weighted by Crippen LogP contribution is 2.35. The number of benzene rings is 2. The summed E-state index contributed by atoms with van der Waals surface area (Å²) >= 11 is 11.2. The van der Waals surface area contributed by atoms with E-state index in [1.807, 2.05) is 36.4 Å². The van der Waals surface area contributed by atoms with Gasteiger partial charge in [0.15, 0.2) is 5.11 Å². The van der Waals surface area contributed by atoms with Crippen molar-refractivity contribution < 1.29 is 10.2 Å². The fraction of sp³-hybridized carbons (Fsp3) is 0.118. The van der Waals surface area contributed by atoms with Gasteiger partial charge in [0.25, 0.3) is 0 Å². The first kappa shape index (κ1) is 17.3. The molecule has 0 aromatic heterocycles. The van der Waals surface area contributed by atoms with Gasteiger partial charge in [-0.15, -0.1) is 0 Å². The SMILES string of the molecule is CC(O)c1cc(Cl)cc(NC(=S)NC=Cc2ccccc2)c1O. The average molecular weight is 349 g/mol. The predicted molar refractivity (Wildman–Crippen MR) is 98.6 cm³/mol. The minimum Gasteiger partial charge on any atom is -0.505 e. The third-order valence-corrected chi connectivity index (χ3v) is 3.53. The molecule has 1 unspecified atom stereocenters. The molecule has 0 fully saturated rings. The molecule has 2 aromatic carbocycles. The van der Waals surface area contributed by atoms with E-state index in [1.54, 1.807) is 13.1 Å². The second-order valence-electron chi connectivity index (χ2n) is 4.91. The zero-order chi connectivity index (χ0) is 16.8. The molecule has 6 heteroatoms. The molecule has 4 nitrogen and oxygen atoms in total. The third-order valence-electron chi connectivity index (χ3n) is 3.09. The van der Waals surface area contributed by atoms with Gasteiger partial charge in [-0.3, -0.25) is 0 Å². The summed E-state index contributed by atoms with van der Waals surface area (Å²) in [6.45, 7) is 1.55. The van der Waals surface area contributed by atoms with Crippen LogP contribution in [0.3, 0.4) is 0 Å². The molecule has 0 aliphatic heterocycles. The van der Waals surface area contributed by atoms with E-state index in [2.05, 4.69) is 10.6 Å². The summed E-state index contributed by atoms with van der Waals surface area (Å²) in [5.74, 6) is -0.0828. The van der Waals surface area contributed by atoms with E-state index in [0.29, 0.717) is 21.4 Å². The summed E-state index contributed by atoms with van der Waals surface area (Å²) in [7, 11) is 0. The first-order chi connectivity index (χ1) is 11.0. The van der Waals surface area contributed by atoms with E-state index in [0.717, 1.165) is 5.56 Å². The van der Waals surface area contributed by atoms with E-state index in [-0.39, 0.29) is 5.75 Å². The molecule has 0 aliphatic rings. The standard InChI is InChI=1S/C17H17ClN2O2S/c1-11(21)14-9-13(18)10-15(16(14)22)20-17(23)19-8-7-12-5-3-2-4-6-12/h2-11,21-22H,1H3,(H2,19,20,23). The van der Waals surface area contributed by atoms with Gasteiger partial charge >= 0.3 is 0 Å². The molecule has 0 aliphatic carbocycles. The molecule has 0 saturated heterocycles. The van der Waals surface area contributed by atoms with Crippen molar-refractivity contribution in [2.24, 2.45) is 0 Å². The minimum atomic E-state index is -0.839. The van der Waals surface area contributed by atoms with E-state index < -0.39 is 6.10 Å². The van der Waals surface area contributed by atoms with Gasteiger partial charge in [0.2, 0.25) is 0 Å². The van der Waals surface area contributed by atoms with Crippen LogP contribution in [0.5, 0.6) is 5.75 Å². The number of hydrogen-bond acceptors (Lipinski definition) is 3. The van der Waals surface area contributed by atoms with Crippen LogP contribution in [-0.2, 0) is 0 Å². The van der Waals surface area contributed by atoms with Crippen molar-refractivity contribution in [2.75, 3.05) is 5.32 Å². The van der Waals surface area contributed by atoms with Crippen molar-refractivity contribution in [3.05, 3.63) is 64.8 Å². The maximum absolute atomic E-state index is 10.1. The number of aliphatic hydroxyl groups excluding tert-OH is 1. The van der Waals surface area contributed by atoms with Crippen LogP contribution < -0.4 is 10.6 Å². The van der Waals surface area contributed by atoms with Gasteiger partial charge in [0.05, 0.1) is 11.8 Å². The Morgan fingerprint density at radius 2 is 1.96 bits per heavy atom. The lowest BCUT2D eigenvalue weighted by Gasteiger charge is -2.14. The van der Waals surface area contributed by atoms with Crippen LogP contribution in [0.2, 0.25) is 5.02 Å². The quantitative estimate of drug-likeness (QED) is 0.496. The van der Waals surface area contributed by atoms with Crippen LogP contribution >= 0.6 is 23.8 Å². The number of halogens is 1. The second kappa shape index (κ2) is 7.97. The molecule has 2 aromatic rings. The van der Waals surface area contributed by atoms with Crippen LogP contribution in [0.4, 0.5) is 5.69 Å². The van der Waals surface area contributed by atoms with Gasteiger partial charge < -0.3 is 20.8 Å². The lowest BCUT2D eigenvalue weighted by Crippen LogP contribution is -2.23. The molecule has 0 amide bonds. The number of phenolic OH excluding ortho intramolecular Hbond substituents is 1. The van der Waals surface area contributed by atoms with Crippen molar-refractivity contribution in [2.45, 2.75) is 13.0 Å². The van der Waals surface area contributed by atoms with Gasteiger partial charge in [0.1, 0.15) is 5.75 Å². The summed E-state index contributed by atoms with van der Waals surface area (Å²) in [5, 5.41) is 26.2. The summed E-state index contributed by atoms with van der Waals surface area (Å²) in [5.41, 5.74) is 1.70. The Balaban J connectivity index is 2.04. The molecule has 4 N–H and O–H groups in total. The highest BCUT2D eigenvalue weighted by Gasteiger charge is 2.14. The highest BCUT2D eigenvalue weighted by atomic mass is 35.5.